The zero-order chi connectivity index (χ0) is 12.0. The van der Waals surface area contributed by atoms with Gasteiger partial charge in [0.25, 0.3) is 5.91 Å². The normalized spacial score (nSPS) is 29.9. The molecule has 1 amide bonds. The van der Waals surface area contributed by atoms with E-state index in [-0.39, 0.29) is 17.0 Å². The molecule has 1 aliphatic carbocycles. The fraction of sp³-hybridized carbons (Fsp3) is 0.417. The van der Waals surface area contributed by atoms with Gasteiger partial charge < -0.3 is 10.6 Å². The van der Waals surface area contributed by atoms with Crippen LogP contribution in [0, 0.1) is 17.7 Å². The highest BCUT2D eigenvalue weighted by Gasteiger charge is 2.53. The quantitative estimate of drug-likeness (QED) is 0.838. The molecular weight excluding hydrogens is 243 g/mol. The number of carbonyl (C=O) groups is 1. The van der Waals surface area contributed by atoms with E-state index in [1.54, 1.807) is 0 Å². The van der Waals surface area contributed by atoms with E-state index in [0.717, 1.165) is 13.1 Å². The minimum absolute atomic E-state index is 0.0182. The van der Waals surface area contributed by atoms with Gasteiger partial charge in [-0.05, 0) is 30.0 Å². The Morgan fingerprint density at radius 3 is 2.76 bits per heavy atom. The summed E-state index contributed by atoms with van der Waals surface area (Å²) in [5.74, 6) is 0.451. The summed E-state index contributed by atoms with van der Waals surface area (Å²) in [5, 5.41) is 6.20. The molecule has 0 bridgehead atoms. The number of halogens is 2. The van der Waals surface area contributed by atoms with Gasteiger partial charge >= 0.3 is 0 Å². The Balaban J connectivity index is 1.68. The van der Waals surface area contributed by atoms with E-state index in [1.807, 2.05) is 0 Å². The molecule has 0 radical (unpaired) electrons. The first-order chi connectivity index (χ1) is 8.16. The third kappa shape index (κ3) is 1.91. The molecular formula is C12H12ClFN2O. The average molecular weight is 255 g/mol. The standard InChI is InChI=1S/C12H12ClFN2O/c13-9-3-6(1-2-10(9)14)12(17)16-11-7-4-15-5-8(7)11/h1-3,7-8,11,15H,4-5H2,(H,16,17). The van der Waals surface area contributed by atoms with Gasteiger partial charge in [-0.3, -0.25) is 4.79 Å². The lowest BCUT2D eigenvalue weighted by Crippen LogP contribution is -2.32. The van der Waals surface area contributed by atoms with E-state index in [2.05, 4.69) is 10.6 Å². The highest BCUT2D eigenvalue weighted by molar-refractivity contribution is 6.31. The van der Waals surface area contributed by atoms with Gasteiger partial charge in [0.05, 0.1) is 5.02 Å². The predicted molar refractivity (Wildman–Crippen MR) is 62.5 cm³/mol. The largest absolute Gasteiger partial charge is 0.349 e. The van der Waals surface area contributed by atoms with Crippen molar-refractivity contribution in [2.45, 2.75) is 6.04 Å². The molecule has 90 valence electrons. The number of hydrogen-bond donors (Lipinski definition) is 2. The molecule has 2 N–H and O–H groups in total. The van der Waals surface area contributed by atoms with E-state index >= 15 is 0 Å². The molecule has 2 fully saturated rings. The van der Waals surface area contributed by atoms with Crippen LogP contribution < -0.4 is 10.6 Å². The van der Waals surface area contributed by atoms with E-state index in [9.17, 15) is 9.18 Å². The Labute approximate surface area is 103 Å². The lowest BCUT2D eigenvalue weighted by Gasteiger charge is -2.08. The number of rotatable bonds is 2. The smallest absolute Gasteiger partial charge is 0.251 e. The molecule has 0 aromatic heterocycles. The van der Waals surface area contributed by atoms with Crippen LogP contribution in [0.5, 0.6) is 0 Å². The maximum absolute atomic E-state index is 13.0. The average Bonchev–Trinajstić information content (AvgIpc) is 2.76. The summed E-state index contributed by atoms with van der Waals surface area (Å²) in [6.45, 7) is 1.94. The van der Waals surface area contributed by atoms with E-state index in [0.29, 0.717) is 17.4 Å². The van der Waals surface area contributed by atoms with Crippen LogP contribution in [-0.4, -0.2) is 25.0 Å². The van der Waals surface area contributed by atoms with E-state index < -0.39 is 5.82 Å². The third-order valence-corrected chi connectivity index (χ3v) is 3.86. The molecule has 2 unspecified atom stereocenters. The molecule has 1 saturated carbocycles. The molecule has 0 spiro atoms. The fourth-order valence-corrected chi connectivity index (χ4v) is 2.69. The summed E-state index contributed by atoms with van der Waals surface area (Å²) in [5.41, 5.74) is 0.411. The summed E-state index contributed by atoms with van der Waals surface area (Å²) in [6.07, 6.45) is 0. The van der Waals surface area contributed by atoms with E-state index in [1.165, 1.54) is 18.2 Å². The van der Waals surface area contributed by atoms with Crippen molar-refractivity contribution >= 4 is 17.5 Å². The first-order valence-electron chi connectivity index (χ1n) is 5.63. The van der Waals surface area contributed by atoms with Crippen molar-refractivity contribution in [3.63, 3.8) is 0 Å². The first-order valence-corrected chi connectivity index (χ1v) is 6.01. The Bertz CT molecular complexity index is 470. The zero-order valence-corrected chi connectivity index (χ0v) is 9.80. The van der Waals surface area contributed by atoms with Crippen LogP contribution in [0.25, 0.3) is 0 Å². The number of fused-ring (bicyclic) bond motifs is 1. The molecule has 5 heteroatoms. The van der Waals surface area contributed by atoms with Crippen LogP contribution in [0.2, 0.25) is 5.02 Å². The highest BCUT2D eigenvalue weighted by Crippen LogP contribution is 2.41. The minimum atomic E-state index is -0.504. The maximum atomic E-state index is 13.0. The SMILES string of the molecule is O=C(NC1C2CNCC21)c1ccc(F)c(Cl)c1. The van der Waals surface area contributed by atoms with Crippen LogP contribution >= 0.6 is 11.6 Å². The molecule has 2 atom stereocenters. The van der Waals surface area contributed by atoms with Gasteiger partial charge in [0, 0.05) is 24.7 Å². The monoisotopic (exact) mass is 254 g/mol. The highest BCUT2D eigenvalue weighted by atomic mass is 35.5. The van der Waals surface area contributed by atoms with Crippen molar-refractivity contribution in [2.24, 2.45) is 11.8 Å². The Kier molecular flexibility index (Phi) is 2.56. The van der Waals surface area contributed by atoms with Crippen molar-refractivity contribution in [3.8, 4) is 0 Å². The fourth-order valence-electron chi connectivity index (χ4n) is 2.50. The Morgan fingerprint density at radius 1 is 1.41 bits per heavy atom. The Hall–Kier alpha value is -1.13. The second-order valence-corrected chi connectivity index (χ2v) is 5.02. The molecule has 1 aliphatic heterocycles. The third-order valence-electron chi connectivity index (χ3n) is 3.57. The van der Waals surface area contributed by atoms with Gasteiger partial charge in [-0.25, -0.2) is 4.39 Å². The lowest BCUT2D eigenvalue weighted by atomic mass is 10.2. The van der Waals surface area contributed by atoms with Crippen LogP contribution in [0.4, 0.5) is 4.39 Å². The van der Waals surface area contributed by atoms with Gasteiger partial charge in [-0.1, -0.05) is 11.6 Å². The predicted octanol–water partition coefficient (Wildman–Crippen LogP) is 1.43. The topological polar surface area (TPSA) is 41.1 Å². The van der Waals surface area contributed by atoms with Gasteiger partial charge in [0.2, 0.25) is 0 Å². The molecule has 1 aromatic carbocycles. The van der Waals surface area contributed by atoms with Crippen molar-refractivity contribution in [2.75, 3.05) is 13.1 Å². The van der Waals surface area contributed by atoms with E-state index in [4.69, 9.17) is 11.6 Å². The van der Waals surface area contributed by atoms with Crippen LogP contribution in [0.1, 0.15) is 10.4 Å². The molecule has 1 heterocycles. The summed E-state index contributed by atoms with van der Waals surface area (Å²) in [4.78, 5) is 11.9. The molecule has 3 nitrogen and oxygen atoms in total. The summed E-state index contributed by atoms with van der Waals surface area (Å²) in [7, 11) is 0. The van der Waals surface area contributed by atoms with Crippen LogP contribution in [0.15, 0.2) is 18.2 Å². The molecule has 1 saturated heterocycles. The second kappa shape index (κ2) is 3.96. The first kappa shape index (κ1) is 11.0. The minimum Gasteiger partial charge on any atom is -0.349 e. The summed E-state index contributed by atoms with van der Waals surface area (Å²) in [6, 6.07) is 4.30. The van der Waals surface area contributed by atoms with Crippen molar-refractivity contribution < 1.29 is 9.18 Å². The molecule has 3 rings (SSSR count). The van der Waals surface area contributed by atoms with Crippen LogP contribution in [-0.2, 0) is 0 Å². The van der Waals surface area contributed by atoms with Gasteiger partial charge in [-0.2, -0.15) is 0 Å². The second-order valence-electron chi connectivity index (χ2n) is 4.61. The maximum Gasteiger partial charge on any atom is 0.251 e. The Morgan fingerprint density at radius 2 is 2.12 bits per heavy atom. The lowest BCUT2D eigenvalue weighted by molar-refractivity contribution is 0.0946. The van der Waals surface area contributed by atoms with Crippen molar-refractivity contribution in [1.29, 1.82) is 0 Å². The van der Waals surface area contributed by atoms with Gasteiger partial charge in [0.1, 0.15) is 5.82 Å². The number of amides is 1. The number of carbonyl (C=O) groups excluding carboxylic acids is 1. The number of benzene rings is 1. The van der Waals surface area contributed by atoms with Crippen molar-refractivity contribution in [1.82, 2.24) is 10.6 Å². The molecule has 17 heavy (non-hydrogen) atoms. The zero-order valence-electron chi connectivity index (χ0n) is 9.04. The molecule has 2 aliphatic rings. The van der Waals surface area contributed by atoms with Crippen molar-refractivity contribution in [3.05, 3.63) is 34.6 Å². The van der Waals surface area contributed by atoms with Gasteiger partial charge in [0.15, 0.2) is 0 Å². The molecule has 1 aromatic rings. The summed E-state index contributed by atoms with van der Waals surface area (Å²) >= 11 is 5.64. The number of nitrogens with one attached hydrogen (secondary N) is 2. The summed E-state index contributed by atoms with van der Waals surface area (Å²) < 4.78 is 13.0. The van der Waals surface area contributed by atoms with Gasteiger partial charge in [-0.15, -0.1) is 0 Å². The number of hydrogen-bond acceptors (Lipinski definition) is 2. The number of piperidine rings is 1. The van der Waals surface area contributed by atoms with Crippen LogP contribution in [0.3, 0.4) is 0 Å².